The van der Waals surface area contributed by atoms with Crippen molar-refractivity contribution >= 4 is 58.0 Å². The SMILES string of the molecule is O=C1S/C(=C\c2ccc(F)cc2)C(=O)N1CN(CN1C(=O)S/C(=C/c2ccc(F)cc2)C1=O)C1CCCCC1. The summed E-state index contributed by atoms with van der Waals surface area (Å²) in [6.45, 7) is -0.121. The fourth-order valence-electron chi connectivity index (χ4n) is 4.75. The number of thioether (sulfide) groups is 2. The fraction of sp³-hybridized carbons (Fsp3) is 0.286. The number of hydrogen-bond acceptors (Lipinski definition) is 7. The molecular formula is C28H25F2N3O4S2. The van der Waals surface area contributed by atoms with Gasteiger partial charge >= 0.3 is 0 Å². The zero-order chi connectivity index (χ0) is 27.5. The summed E-state index contributed by atoms with van der Waals surface area (Å²) in [4.78, 5) is 56.6. The van der Waals surface area contributed by atoms with Crippen LogP contribution in [0, 0.1) is 11.6 Å². The van der Waals surface area contributed by atoms with Gasteiger partial charge in [0.05, 0.1) is 23.1 Å². The van der Waals surface area contributed by atoms with Gasteiger partial charge in [0.25, 0.3) is 22.3 Å². The van der Waals surface area contributed by atoms with Crippen molar-refractivity contribution in [1.82, 2.24) is 14.7 Å². The average Bonchev–Trinajstić information content (AvgIpc) is 3.35. The number of benzene rings is 2. The molecule has 7 nitrogen and oxygen atoms in total. The number of imide groups is 2. The van der Waals surface area contributed by atoms with E-state index in [2.05, 4.69) is 0 Å². The van der Waals surface area contributed by atoms with E-state index in [1.165, 1.54) is 48.5 Å². The molecule has 0 spiro atoms. The number of hydrogen-bond donors (Lipinski definition) is 0. The van der Waals surface area contributed by atoms with Gasteiger partial charge in [-0.1, -0.05) is 43.5 Å². The lowest BCUT2D eigenvalue weighted by atomic mass is 9.94. The Morgan fingerprint density at radius 2 is 1.10 bits per heavy atom. The first-order valence-electron chi connectivity index (χ1n) is 12.5. The van der Waals surface area contributed by atoms with Crippen molar-refractivity contribution in [2.45, 2.75) is 38.1 Å². The van der Waals surface area contributed by atoms with Gasteiger partial charge in [-0.25, -0.2) is 8.78 Å². The Morgan fingerprint density at radius 1 is 0.692 bits per heavy atom. The second kappa shape index (κ2) is 11.8. The van der Waals surface area contributed by atoms with Crippen LogP contribution in [0.1, 0.15) is 43.2 Å². The summed E-state index contributed by atoms with van der Waals surface area (Å²) in [6, 6.07) is 11.2. The lowest BCUT2D eigenvalue weighted by Gasteiger charge is -2.37. The molecule has 4 amide bonds. The van der Waals surface area contributed by atoms with Gasteiger partial charge in [0.2, 0.25) is 0 Å². The van der Waals surface area contributed by atoms with Crippen LogP contribution < -0.4 is 0 Å². The molecule has 0 aromatic heterocycles. The van der Waals surface area contributed by atoms with Crippen molar-refractivity contribution < 1.29 is 28.0 Å². The number of halogens is 2. The third kappa shape index (κ3) is 6.32. The number of rotatable bonds is 7. The lowest BCUT2D eigenvalue weighted by Crippen LogP contribution is -2.51. The van der Waals surface area contributed by atoms with Gasteiger partial charge in [0.15, 0.2) is 0 Å². The first kappa shape index (κ1) is 27.3. The van der Waals surface area contributed by atoms with E-state index in [1.807, 2.05) is 4.90 Å². The van der Waals surface area contributed by atoms with Crippen LogP contribution in [0.3, 0.4) is 0 Å². The molecule has 3 aliphatic rings. The van der Waals surface area contributed by atoms with Crippen molar-refractivity contribution in [2.24, 2.45) is 0 Å². The summed E-state index contributed by atoms with van der Waals surface area (Å²) >= 11 is 1.61. The first-order valence-corrected chi connectivity index (χ1v) is 14.2. The predicted molar refractivity (Wildman–Crippen MR) is 147 cm³/mol. The predicted octanol–water partition coefficient (Wildman–Crippen LogP) is 6.29. The minimum Gasteiger partial charge on any atom is -0.268 e. The van der Waals surface area contributed by atoms with E-state index in [-0.39, 0.29) is 29.2 Å². The van der Waals surface area contributed by atoms with Crippen LogP contribution in [0.4, 0.5) is 18.4 Å². The third-order valence-electron chi connectivity index (χ3n) is 6.82. The van der Waals surface area contributed by atoms with E-state index in [0.717, 1.165) is 65.4 Å². The minimum absolute atomic E-state index is 0.00907. The fourth-order valence-corrected chi connectivity index (χ4v) is 6.41. The highest BCUT2D eigenvalue weighted by atomic mass is 32.2. The van der Waals surface area contributed by atoms with Crippen LogP contribution in [-0.4, -0.2) is 56.4 Å². The van der Waals surface area contributed by atoms with Gasteiger partial charge < -0.3 is 0 Å². The van der Waals surface area contributed by atoms with Crippen molar-refractivity contribution in [1.29, 1.82) is 0 Å². The molecule has 0 atom stereocenters. The smallest absolute Gasteiger partial charge is 0.268 e. The Morgan fingerprint density at radius 3 is 1.51 bits per heavy atom. The summed E-state index contributed by atoms with van der Waals surface area (Å²) < 4.78 is 26.5. The maximum Gasteiger partial charge on any atom is 0.294 e. The van der Waals surface area contributed by atoms with Gasteiger partial charge in [-0.2, -0.15) is 0 Å². The molecule has 1 aliphatic carbocycles. The molecule has 2 aromatic carbocycles. The van der Waals surface area contributed by atoms with E-state index in [9.17, 15) is 28.0 Å². The van der Waals surface area contributed by atoms with E-state index in [4.69, 9.17) is 0 Å². The van der Waals surface area contributed by atoms with E-state index < -0.39 is 33.9 Å². The summed E-state index contributed by atoms with van der Waals surface area (Å²) in [5, 5.41) is -0.890. The van der Waals surface area contributed by atoms with Gasteiger partial charge in [-0.05, 0) is 83.9 Å². The maximum atomic E-state index is 13.3. The molecule has 2 heterocycles. The second-order valence-electron chi connectivity index (χ2n) is 9.49. The van der Waals surface area contributed by atoms with Crippen LogP contribution in [0.25, 0.3) is 12.2 Å². The molecule has 3 fully saturated rings. The Labute approximate surface area is 232 Å². The van der Waals surface area contributed by atoms with Crippen molar-refractivity contribution in [3.63, 3.8) is 0 Å². The average molecular weight is 570 g/mol. The van der Waals surface area contributed by atoms with Crippen molar-refractivity contribution in [2.75, 3.05) is 13.3 Å². The number of carbonyl (C=O) groups is 4. The van der Waals surface area contributed by atoms with Gasteiger partial charge in [-0.15, -0.1) is 0 Å². The minimum atomic E-state index is -0.472. The molecule has 0 bridgehead atoms. The first-order chi connectivity index (χ1) is 18.8. The van der Waals surface area contributed by atoms with Gasteiger partial charge in [0.1, 0.15) is 11.6 Å². The quantitative estimate of drug-likeness (QED) is 0.363. The molecule has 0 N–H and O–H groups in total. The molecule has 2 saturated heterocycles. The number of amides is 4. The maximum absolute atomic E-state index is 13.3. The Kier molecular flexibility index (Phi) is 8.29. The van der Waals surface area contributed by atoms with Crippen LogP contribution in [-0.2, 0) is 9.59 Å². The van der Waals surface area contributed by atoms with E-state index >= 15 is 0 Å². The highest BCUT2D eigenvalue weighted by Gasteiger charge is 2.41. The molecule has 1 saturated carbocycles. The van der Waals surface area contributed by atoms with Crippen LogP contribution in [0.15, 0.2) is 58.3 Å². The monoisotopic (exact) mass is 569 g/mol. The zero-order valence-corrected chi connectivity index (χ0v) is 22.5. The number of carbonyl (C=O) groups excluding carboxylic acids is 4. The topological polar surface area (TPSA) is 78.0 Å². The Hall–Kier alpha value is -3.28. The summed E-state index contributed by atoms with van der Waals surface area (Å²) in [7, 11) is 0. The van der Waals surface area contributed by atoms with Gasteiger partial charge in [-0.3, -0.25) is 33.9 Å². The third-order valence-corrected chi connectivity index (χ3v) is 8.63. The molecule has 11 heteroatoms. The second-order valence-corrected chi connectivity index (χ2v) is 11.5. The summed E-state index contributed by atoms with van der Waals surface area (Å²) in [5.41, 5.74) is 1.19. The normalized spacial score (nSPS) is 20.9. The molecule has 2 aromatic rings. The largest absolute Gasteiger partial charge is 0.294 e. The Bertz CT molecular complexity index is 1260. The Balaban J connectivity index is 1.34. The summed E-state index contributed by atoms with van der Waals surface area (Å²) in [5.74, 6) is -1.74. The lowest BCUT2D eigenvalue weighted by molar-refractivity contribution is -0.127. The molecule has 0 radical (unpaired) electrons. The molecule has 39 heavy (non-hydrogen) atoms. The van der Waals surface area contributed by atoms with Crippen molar-refractivity contribution in [3.05, 3.63) is 81.1 Å². The molecule has 2 aliphatic heterocycles. The van der Waals surface area contributed by atoms with Crippen LogP contribution >= 0.6 is 23.5 Å². The standard InChI is InChI=1S/C28H25F2N3O4S2/c29-20-10-6-18(7-11-20)14-23-25(34)32(27(36)38-23)16-31(22-4-2-1-3-5-22)17-33-26(35)24(39-28(33)37)15-19-8-12-21(30)13-9-19/h6-15,22H,1-5,16-17H2/b23-14-,24-15+. The molecule has 5 rings (SSSR count). The van der Waals surface area contributed by atoms with Crippen LogP contribution in [0.2, 0.25) is 0 Å². The molecular weight excluding hydrogens is 544 g/mol. The number of nitrogens with zero attached hydrogens (tertiary/aromatic N) is 3. The zero-order valence-electron chi connectivity index (χ0n) is 20.8. The highest BCUT2D eigenvalue weighted by Crippen LogP contribution is 2.36. The molecule has 202 valence electrons. The van der Waals surface area contributed by atoms with Crippen LogP contribution in [0.5, 0.6) is 0 Å². The van der Waals surface area contributed by atoms with Crippen molar-refractivity contribution in [3.8, 4) is 0 Å². The van der Waals surface area contributed by atoms with Gasteiger partial charge in [0, 0.05) is 6.04 Å². The van der Waals surface area contributed by atoms with E-state index in [0.29, 0.717) is 11.1 Å². The van der Waals surface area contributed by atoms with E-state index in [1.54, 1.807) is 12.2 Å². The molecule has 0 unspecified atom stereocenters. The highest BCUT2D eigenvalue weighted by molar-refractivity contribution is 8.18. The summed E-state index contributed by atoms with van der Waals surface area (Å²) in [6.07, 6.45) is 7.76.